The molecule has 1 aliphatic heterocycles. The van der Waals surface area contributed by atoms with Gasteiger partial charge in [-0.1, -0.05) is 17.7 Å². The summed E-state index contributed by atoms with van der Waals surface area (Å²) in [6, 6.07) is 4.28. The topological polar surface area (TPSA) is 32.3 Å². The fraction of sp³-hybridized carbons (Fsp3) is 0.562. The normalized spacial score (nSPS) is 16.0. The highest BCUT2D eigenvalue weighted by Crippen LogP contribution is 2.21. The summed E-state index contributed by atoms with van der Waals surface area (Å²) in [7, 11) is 1.77. The molecule has 0 spiro atoms. The van der Waals surface area contributed by atoms with Crippen molar-refractivity contribution in [2.75, 3.05) is 20.1 Å². The number of benzene rings is 1. The van der Waals surface area contributed by atoms with Crippen LogP contribution >= 0.6 is 11.6 Å². The molecule has 1 saturated heterocycles. The maximum absolute atomic E-state index is 13.0. The smallest absolute Gasteiger partial charge is 0.222 e. The number of carbonyl (C=O) groups is 1. The summed E-state index contributed by atoms with van der Waals surface area (Å²) < 4.78 is 13.0. The predicted octanol–water partition coefficient (Wildman–Crippen LogP) is 3.22. The fourth-order valence-electron chi connectivity index (χ4n) is 2.68. The van der Waals surface area contributed by atoms with Crippen molar-refractivity contribution in [1.29, 1.82) is 0 Å². The second-order valence-corrected chi connectivity index (χ2v) is 6.12. The van der Waals surface area contributed by atoms with Gasteiger partial charge in [-0.15, -0.1) is 0 Å². The molecule has 1 N–H and O–H groups in total. The molecule has 0 radical (unpaired) electrons. The van der Waals surface area contributed by atoms with E-state index in [4.69, 9.17) is 11.6 Å². The van der Waals surface area contributed by atoms with Crippen molar-refractivity contribution in [1.82, 2.24) is 10.2 Å². The van der Waals surface area contributed by atoms with E-state index in [0.29, 0.717) is 23.9 Å². The van der Waals surface area contributed by atoms with Gasteiger partial charge in [0.25, 0.3) is 0 Å². The summed E-state index contributed by atoms with van der Waals surface area (Å²) in [5.74, 6) is 0.413. The van der Waals surface area contributed by atoms with Crippen molar-refractivity contribution < 1.29 is 9.18 Å². The number of piperidine rings is 1. The standard InChI is InChI=1S/C16H22ClFN2O/c1-20(11-13-3-4-14(18)10-15(13)17)16(21)5-2-12-6-8-19-9-7-12/h3-4,10,12,19H,2,5-9,11H2,1H3. The van der Waals surface area contributed by atoms with Crippen LogP contribution in [0.5, 0.6) is 0 Å². The Balaban J connectivity index is 1.81. The summed E-state index contributed by atoms with van der Waals surface area (Å²) in [4.78, 5) is 13.8. The molecule has 0 atom stereocenters. The van der Waals surface area contributed by atoms with Crippen LogP contribution in [0.15, 0.2) is 18.2 Å². The Morgan fingerprint density at radius 2 is 2.14 bits per heavy atom. The molecular weight excluding hydrogens is 291 g/mol. The molecule has 0 aromatic heterocycles. The van der Waals surface area contributed by atoms with E-state index in [-0.39, 0.29) is 11.7 Å². The number of carbonyl (C=O) groups excluding carboxylic acids is 1. The molecule has 1 aromatic carbocycles. The third kappa shape index (κ3) is 4.97. The molecule has 0 aliphatic carbocycles. The number of hydrogen-bond donors (Lipinski definition) is 1. The van der Waals surface area contributed by atoms with Crippen molar-refractivity contribution in [3.8, 4) is 0 Å². The highest BCUT2D eigenvalue weighted by Gasteiger charge is 2.17. The van der Waals surface area contributed by atoms with Gasteiger partial charge in [0.1, 0.15) is 5.82 Å². The van der Waals surface area contributed by atoms with Gasteiger partial charge in [0, 0.05) is 25.0 Å². The van der Waals surface area contributed by atoms with Crippen molar-refractivity contribution in [3.63, 3.8) is 0 Å². The molecule has 0 unspecified atom stereocenters. The maximum atomic E-state index is 13.0. The molecular formula is C16H22ClFN2O. The van der Waals surface area contributed by atoms with E-state index in [1.165, 1.54) is 12.1 Å². The Morgan fingerprint density at radius 3 is 2.81 bits per heavy atom. The lowest BCUT2D eigenvalue weighted by Crippen LogP contribution is -2.30. The molecule has 0 saturated carbocycles. The van der Waals surface area contributed by atoms with Crippen LogP contribution in [0.1, 0.15) is 31.2 Å². The molecule has 1 aliphatic rings. The first-order valence-corrected chi connectivity index (χ1v) is 7.82. The SMILES string of the molecule is CN(Cc1ccc(F)cc1Cl)C(=O)CCC1CCNCC1. The lowest BCUT2D eigenvalue weighted by atomic mass is 9.93. The Hall–Kier alpha value is -1.13. The van der Waals surface area contributed by atoms with Crippen LogP contribution in [-0.2, 0) is 11.3 Å². The fourth-order valence-corrected chi connectivity index (χ4v) is 2.91. The van der Waals surface area contributed by atoms with E-state index < -0.39 is 0 Å². The minimum absolute atomic E-state index is 0.119. The van der Waals surface area contributed by atoms with E-state index in [9.17, 15) is 9.18 Å². The molecule has 5 heteroatoms. The molecule has 0 bridgehead atoms. The molecule has 1 fully saturated rings. The van der Waals surface area contributed by atoms with Crippen molar-refractivity contribution in [3.05, 3.63) is 34.6 Å². The van der Waals surface area contributed by atoms with Crippen LogP contribution in [0.2, 0.25) is 5.02 Å². The van der Waals surface area contributed by atoms with Gasteiger partial charge in [-0.3, -0.25) is 4.79 Å². The largest absolute Gasteiger partial charge is 0.341 e. The highest BCUT2D eigenvalue weighted by atomic mass is 35.5. The number of rotatable bonds is 5. The molecule has 1 heterocycles. The second-order valence-electron chi connectivity index (χ2n) is 5.72. The number of nitrogens with one attached hydrogen (secondary N) is 1. The molecule has 1 amide bonds. The third-order valence-corrected chi connectivity index (χ3v) is 4.43. The van der Waals surface area contributed by atoms with Gasteiger partial charge in [0.15, 0.2) is 0 Å². The second kappa shape index (κ2) is 7.76. The summed E-state index contributed by atoms with van der Waals surface area (Å²) in [5, 5.41) is 3.70. The number of nitrogens with zero attached hydrogens (tertiary/aromatic N) is 1. The zero-order valence-corrected chi connectivity index (χ0v) is 13.1. The predicted molar refractivity (Wildman–Crippen MR) is 82.7 cm³/mol. The summed E-state index contributed by atoms with van der Waals surface area (Å²) in [6.07, 6.45) is 3.82. The van der Waals surface area contributed by atoms with Crippen molar-refractivity contribution in [2.45, 2.75) is 32.2 Å². The monoisotopic (exact) mass is 312 g/mol. The zero-order chi connectivity index (χ0) is 15.2. The summed E-state index contributed by atoms with van der Waals surface area (Å²) in [6.45, 7) is 2.53. The Bertz CT molecular complexity index is 489. The summed E-state index contributed by atoms with van der Waals surface area (Å²) >= 11 is 5.99. The van der Waals surface area contributed by atoms with Gasteiger partial charge in [0.2, 0.25) is 5.91 Å². The van der Waals surface area contributed by atoms with E-state index in [2.05, 4.69) is 5.32 Å². The first-order chi connectivity index (χ1) is 10.1. The maximum Gasteiger partial charge on any atom is 0.222 e. The Labute approximate surface area is 130 Å². The van der Waals surface area contributed by atoms with Gasteiger partial charge >= 0.3 is 0 Å². The molecule has 2 rings (SSSR count). The molecule has 21 heavy (non-hydrogen) atoms. The van der Waals surface area contributed by atoms with Crippen LogP contribution in [0, 0.1) is 11.7 Å². The van der Waals surface area contributed by atoms with Gasteiger partial charge < -0.3 is 10.2 Å². The third-order valence-electron chi connectivity index (χ3n) is 4.07. The minimum atomic E-state index is -0.358. The lowest BCUT2D eigenvalue weighted by molar-refractivity contribution is -0.130. The van der Waals surface area contributed by atoms with Crippen molar-refractivity contribution in [2.24, 2.45) is 5.92 Å². The highest BCUT2D eigenvalue weighted by molar-refractivity contribution is 6.31. The van der Waals surface area contributed by atoms with Crippen LogP contribution in [0.3, 0.4) is 0 Å². The van der Waals surface area contributed by atoms with E-state index in [0.717, 1.165) is 37.9 Å². The van der Waals surface area contributed by atoms with E-state index >= 15 is 0 Å². The van der Waals surface area contributed by atoms with Gasteiger partial charge in [-0.05, 0) is 56.0 Å². The zero-order valence-electron chi connectivity index (χ0n) is 12.4. The van der Waals surface area contributed by atoms with Gasteiger partial charge in [0.05, 0.1) is 0 Å². The number of hydrogen-bond acceptors (Lipinski definition) is 2. The van der Waals surface area contributed by atoms with Crippen LogP contribution in [-0.4, -0.2) is 30.9 Å². The average Bonchev–Trinajstić information content (AvgIpc) is 2.48. The average molecular weight is 313 g/mol. The van der Waals surface area contributed by atoms with E-state index in [1.807, 2.05) is 0 Å². The van der Waals surface area contributed by atoms with Gasteiger partial charge in [-0.2, -0.15) is 0 Å². The quantitative estimate of drug-likeness (QED) is 0.905. The Morgan fingerprint density at radius 1 is 1.43 bits per heavy atom. The van der Waals surface area contributed by atoms with Gasteiger partial charge in [-0.25, -0.2) is 4.39 Å². The molecule has 3 nitrogen and oxygen atoms in total. The first-order valence-electron chi connectivity index (χ1n) is 7.45. The summed E-state index contributed by atoms with van der Waals surface area (Å²) in [5.41, 5.74) is 0.774. The number of amides is 1. The van der Waals surface area contributed by atoms with Crippen LogP contribution in [0.4, 0.5) is 4.39 Å². The lowest BCUT2D eigenvalue weighted by Gasteiger charge is -2.24. The van der Waals surface area contributed by atoms with Crippen LogP contribution < -0.4 is 5.32 Å². The Kier molecular flexibility index (Phi) is 6.00. The minimum Gasteiger partial charge on any atom is -0.341 e. The van der Waals surface area contributed by atoms with Crippen LogP contribution in [0.25, 0.3) is 0 Å². The number of halogens is 2. The van der Waals surface area contributed by atoms with E-state index in [1.54, 1.807) is 18.0 Å². The van der Waals surface area contributed by atoms with Crippen molar-refractivity contribution >= 4 is 17.5 Å². The first kappa shape index (κ1) is 16.2. The molecule has 116 valence electrons. The molecule has 1 aromatic rings.